The smallest absolute Gasteiger partial charge is 0.131 e. The number of hydrogen-bond acceptors (Lipinski definition) is 7. The van der Waals surface area contributed by atoms with Gasteiger partial charge in [-0.15, -0.1) is 0 Å². The Morgan fingerprint density at radius 1 is 0.794 bits per heavy atom. The van der Waals surface area contributed by atoms with Crippen molar-refractivity contribution in [2.24, 2.45) is 0 Å². The highest BCUT2D eigenvalue weighted by Gasteiger charge is 2.10. The van der Waals surface area contributed by atoms with E-state index in [0.29, 0.717) is 18.9 Å². The van der Waals surface area contributed by atoms with Crippen LogP contribution in [0.3, 0.4) is 0 Å². The molecule has 0 saturated heterocycles. The van der Waals surface area contributed by atoms with E-state index in [1.54, 1.807) is 12.5 Å². The summed E-state index contributed by atoms with van der Waals surface area (Å²) in [5, 5.41) is 10.1. The van der Waals surface area contributed by atoms with Crippen molar-refractivity contribution in [3.05, 3.63) is 89.0 Å². The highest BCUT2D eigenvalue weighted by molar-refractivity contribution is 5.94. The first-order valence-corrected chi connectivity index (χ1v) is 11.3. The zero-order valence-electron chi connectivity index (χ0n) is 19.6. The molecule has 5 rings (SSSR count). The van der Waals surface area contributed by atoms with Gasteiger partial charge < -0.3 is 16.4 Å². The highest BCUT2D eigenvalue weighted by Crippen LogP contribution is 2.28. The average Bonchev–Trinajstić information content (AvgIpc) is 2.83. The van der Waals surface area contributed by atoms with Gasteiger partial charge in [-0.2, -0.15) is 0 Å². The molecule has 170 valence electrons. The third-order valence-electron chi connectivity index (χ3n) is 6.19. The first-order valence-electron chi connectivity index (χ1n) is 11.3. The molecular formula is C27H27N7. The SMILES string of the molecule is Cc1cnc2cc(CNc3cc(NCc4c(C)cc5c(N)nccc5c4C)ncn3)ccc2c1. The number of pyridine rings is 2. The lowest BCUT2D eigenvalue weighted by molar-refractivity contribution is 1.04. The Hall–Kier alpha value is -4.26. The molecule has 2 aromatic carbocycles. The van der Waals surface area contributed by atoms with Gasteiger partial charge in [0.05, 0.1) is 5.52 Å². The number of nitrogens with zero attached hydrogens (tertiary/aromatic N) is 4. The lowest BCUT2D eigenvalue weighted by atomic mass is 9.96. The highest BCUT2D eigenvalue weighted by atomic mass is 15.1. The molecule has 0 aliphatic rings. The molecule has 0 aliphatic heterocycles. The van der Waals surface area contributed by atoms with Crippen LogP contribution in [-0.2, 0) is 13.1 Å². The molecule has 3 heterocycles. The van der Waals surface area contributed by atoms with Crippen molar-refractivity contribution in [1.29, 1.82) is 0 Å². The second kappa shape index (κ2) is 8.94. The Morgan fingerprint density at radius 2 is 1.59 bits per heavy atom. The number of nitrogens with two attached hydrogens (primary N) is 1. The molecular weight excluding hydrogens is 422 g/mol. The molecule has 0 atom stereocenters. The number of rotatable bonds is 6. The zero-order valence-corrected chi connectivity index (χ0v) is 19.6. The average molecular weight is 450 g/mol. The summed E-state index contributed by atoms with van der Waals surface area (Å²) in [4.78, 5) is 17.5. The van der Waals surface area contributed by atoms with Crippen molar-refractivity contribution in [2.45, 2.75) is 33.9 Å². The van der Waals surface area contributed by atoms with Crippen molar-refractivity contribution >= 4 is 39.1 Å². The monoisotopic (exact) mass is 449 g/mol. The maximum absolute atomic E-state index is 6.08. The van der Waals surface area contributed by atoms with Crippen LogP contribution < -0.4 is 16.4 Å². The van der Waals surface area contributed by atoms with Crippen LogP contribution in [0.1, 0.15) is 27.8 Å². The molecule has 0 saturated carbocycles. The Balaban J connectivity index is 1.29. The van der Waals surface area contributed by atoms with Gasteiger partial charge in [-0.25, -0.2) is 15.0 Å². The zero-order chi connectivity index (χ0) is 23.7. The Labute approximate surface area is 198 Å². The maximum Gasteiger partial charge on any atom is 0.131 e. The summed E-state index contributed by atoms with van der Waals surface area (Å²) >= 11 is 0. The summed E-state index contributed by atoms with van der Waals surface area (Å²) < 4.78 is 0. The summed E-state index contributed by atoms with van der Waals surface area (Å²) in [5.41, 5.74) is 13.0. The van der Waals surface area contributed by atoms with Gasteiger partial charge in [-0.1, -0.05) is 12.1 Å². The van der Waals surface area contributed by atoms with Crippen LogP contribution in [0.15, 0.2) is 61.2 Å². The van der Waals surface area contributed by atoms with Gasteiger partial charge >= 0.3 is 0 Å². The normalized spacial score (nSPS) is 11.1. The fourth-order valence-corrected chi connectivity index (χ4v) is 4.31. The van der Waals surface area contributed by atoms with Crippen LogP contribution in [0.4, 0.5) is 17.5 Å². The topological polar surface area (TPSA) is 102 Å². The first kappa shape index (κ1) is 21.6. The van der Waals surface area contributed by atoms with Crippen molar-refractivity contribution < 1.29 is 0 Å². The molecule has 0 fully saturated rings. The van der Waals surface area contributed by atoms with E-state index in [-0.39, 0.29) is 0 Å². The van der Waals surface area contributed by atoms with Crippen LogP contribution in [0.25, 0.3) is 21.7 Å². The van der Waals surface area contributed by atoms with Gasteiger partial charge in [-0.05, 0) is 78.2 Å². The van der Waals surface area contributed by atoms with Crippen molar-refractivity contribution in [1.82, 2.24) is 19.9 Å². The number of hydrogen-bond donors (Lipinski definition) is 3. The second-order valence-corrected chi connectivity index (χ2v) is 8.62. The van der Waals surface area contributed by atoms with Gasteiger partial charge in [-0.3, -0.25) is 4.98 Å². The summed E-state index contributed by atoms with van der Waals surface area (Å²) in [6.45, 7) is 7.59. The van der Waals surface area contributed by atoms with Gasteiger partial charge in [0, 0.05) is 42.3 Å². The molecule has 5 aromatic rings. The van der Waals surface area contributed by atoms with E-state index >= 15 is 0 Å². The predicted octanol–water partition coefficient (Wildman–Crippen LogP) is 5.30. The van der Waals surface area contributed by atoms with E-state index in [1.165, 1.54) is 16.7 Å². The molecule has 7 heteroatoms. The van der Waals surface area contributed by atoms with Gasteiger partial charge in [0.1, 0.15) is 23.8 Å². The minimum Gasteiger partial charge on any atom is -0.383 e. The van der Waals surface area contributed by atoms with E-state index < -0.39 is 0 Å². The number of benzene rings is 2. The molecule has 7 nitrogen and oxygen atoms in total. The fourth-order valence-electron chi connectivity index (χ4n) is 4.31. The standard InChI is InChI=1S/C27H27N7/c1-16-8-20-5-4-19(10-24(20)30-12-16)13-31-25-11-26(34-15-33-25)32-14-23-17(2)9-22-21(18(23)3)6-7-29-27(22)28/h4-12,15H,13-14H2,1-3H3,(H2,28,29)(H2,31,32,33,34). The van der Waals surface area contributed by atoms with Gasteiger partial charge in [0.25, 0.3) is 0 Å². The van der Waals surface area contributed by atoms with Crippen LogP contribution in [0, 0.1) is 20.8 Å². The van der Waals surface area contributed by atoms with Crippen LogP contribution in [0.2, 0.25) is 0 Å². The number of nitrogens with one attached hydrogen (secondary N) is 2. The van der Waals surface area contributed by atoms with Crippen molar-refractivity contribution in [2.75, 3.05) is 16.4 Å². The molecule has 0 aliphatic carbocycles. The Kier molecular flexibility index (Phi) is 5.67. The Bertz CT molecular complexity index is 1510. The Morgan fingerprint density at radius 3 is 2.41 bits per heavy atom. The maximum atomic E-state index is 6.08. The lowest BCUT2D eigenvalue weighted by Gasteiger charge is -2.15. The molecule has 0 amide bonds. The van der Waals surface area contributed by atoms with E-state index in [0.717, 1.165) is 44.4 Å². The van der Waals surface area contributed by atoms with E-state index in [9.17, 15) is 0 Å². The number of nitrogen functional groups attached to an aromatic ring is 1. The number of aromatic nitrogens is 4. The van der Waals surface area contributed by atoms with Crippen LogP contribution in [0.5, 0.6) is 0 Å². The molecule has 0 radical (unpaired) electrons. The molecule has 34 heavy (non-hydrogen) atoms. The summed E-state index contributed by atoms with van der Waals surface area (Å²) in [5.74, 6) is 2.09. The number of aryl methyl sites for hydroxylation is 3. The largest absolute Gasteiger partial charge is 0.383 e. The van der Waals surface area contributed by atoms with E-state index in [1.807, 2.05) is 18.3 Å². The number of fused-ring (bicyclic) bond motifs is 2. The predicted molar refractivity (Wildman–Crippen MR) is 139 cm³/mol. The molecule has 4 N–H and O–H groups in total. The van der Waals surface area contributed by atoms with E-state index in [2.05, 4.69) is 81.7 Å². The minimum atomic E-state index is 0.562. The minimum absolute atomic E-state index is 0.562. The molecule has 3 aromatic heterocycles. The number of anilines is 3. The third-order valence-corrected chi connectivity index (χ3v) is 6.19. The lowest BCUT2D eigenvalue weighted by Crippen LogP contribution is -2.08. The molecule has 0 bridgehead atoms. The summed E-state index contributed by atoms with van der Waals surface area (Å²) in [6.07, 6.45) is 5.22. The van der Waals surface area contributed by atoms with Gasteiger partial charge in [0.15, 0.2) is 0 Å². The first-order chi connectivity index (χ1) is 16.5. The van der Waals surface area contributed by atoms with Crippen molar-refractivity contribution in [3.63, 3.8) is 0 Å². The van der Waals surface area contributed by atoms with Crippen LogP contribution in [-0.4, -0.2) is 19.9 Å². The van der Waals surface area contributed by atoms with Crippen molar-refractivity contribution in [3.8, 4) is 0 Å². The van der Waals surface area contributed by atoms with Gasteiger partial charge in [0.2, 0.25) is 0 Å². The quantitative estimate of drug-likeness (QED) is 0.323. The summed E-state index contributed by atoms with van der Waals surface area (Å²) in [7, 11) is 0. The van der Waals surface area contributed by atoms with Crippen LogP contribution >= 0.6 is 0 Å². The van der Waals surface area contributed by atoms with E-state index in [4.69, 9.17) is 5.73 Å². The second-order valence-electron chi connectivity index (χ2n) is 8.62. The third kappa shape index (κ3) is 4.32. The molecule has 0 unspecified atom stereocenters. The fraction of sp³-hybridized carbons (Fsp3) is 0.185. The molecule has 0 spiro atoms. The summed E-state index contributed by atoms with van der Waals surface area (Å²) in [6, 6.07) is 14.5.